The first kappa shape index (κ1) is 12.4. The molecule has 24 heavy (non-hydrogen) atoms. The molecule has 0 fully saturated rings. The number of ether oxygens (including phenoxy) is 2. The Kier molecular flexibility index (Phi) is 3.42. The van der Waals surface area contributed by atoms with Gasteiger partial charge in [0.25, 0.3) is 5.91 Å². The van der Waals surface area contributed by atoms with Crippen LogP contribution in [0.4, 0.5) is 16.2 Å². The van der Waals surface area contributed by atoms with Crippen LogP contribution < -0.4 is 15.0 Å². The largest absolute Gasteiger partial charge is 0.454 e. The maximum atomic E-state index is 13.1. The number of amides is 2. The summed E-state index contributed by atoms with van der Waals surface area (Å²) in [5.74, 6) is 0.119. The van der Waals surface area contributed by atoms with Crippen LogP contribution in [0.5, 0.6) is 11.5 Å². The summed E-state index contributed by atoms with van der Waals surface area (Å²) in [5, 5.41) is 2.52. The van der Waals surface area contributed by atoms with Gasteiger partial charge in [-0.3, -0.25) is 10.1 Å². The Bertz CT molecular complexity index is 883. The second-order valence-corrected chi connectivity index (χ2v) is 5.02. The Labute approximate surface area is 144 Å². The van der Waals surface area contributed by atoms with Crippen molar-refractivity contribution in [3.8, 4) is 11.5 Å². The fourth-order valence-corrected chi connectivity index (χ4v) is 2.45. The van der Waals surface area contributed by atoms with E-state index in [1.54, 1.807) is 43.3 Å². The molecule has 6 nitrogen and oxygen atoms in total. The molecule has 0 radical (unpaired) electrons. The number of benzene rings is 2. The highest BCUT2D eigenvalue weighted by atomic mass is 16.5. The van der Waals surface area contributed by atoms with Gasteiger partial charge in [0.15, 0.2) is 5.75 Å². The molecule has 2 aromatic carbocycles. The lowest BCUT2D eigenvalue weighted by Gasteiger charge is -2.19. The maximum Gasteiger partial charge on any atom is 0.411 e. The number of carbonyl (C=O) groups excluding carboxylic acids is 2. The number of carbonyl (C=O) groups is 2. The lowest BCUT2D eigenvalue weighted by atomic mass is 10.1. The van der Waals surface area contributed by atoms with Crippen molar-refractivity contribution in [1.82, 2.24) is 0 Å². The van der Waals surface area contributed by atoms with E-state index in [0.717, 1.165) is 0 Å². The van der Waals surface area contributed by atoms with E-state index >= 15 is 0 Å². The third kappa shape index (κ3) is 2.90. The summed E-state index contributed by atoms with van der Waals surface area (Å²) in [6, 6.07) is 11.3. The Morgan fingerprint density at radius 1 is 1.29 bits per heavy atom. The lowest BCUT2D eigenvalue weighted by Crippen LogP contribution is -2.29. The van der Waals surface area contributed by atoms with Gasteiger partial charge in [-0.2, -0.15) is 0 Å². The van der Waals surface area contributed by atoms with Gasteiger partial charge in [0, 0.05) is 16.3 Å². The molecule has 6 heteroatoms. The maximum absolute atomic E-state index is 13.1. The Balaban J connectivity index is 2.03. The lowest BCUT2D eigenvalue weighted by molar-refractivity contribution is 0.0988. The van der Waals surface area contributed by atoms with Crippen molar-refractivity contribution in [3.63, 3.8) is 0 Å². The standard InChI is InChI=1S/C18H18N2O4/c1-3-20-14-7-5-6-8-16(14)24-15-10-9-12(11-13(15)17(20)21)19-18(22)23-4-2/h5-11H,3-4H2,1-2H3,(H,19,22)/i1D3. The van der Waals surface area contributed by atoms with Gasteiger partial charge in [0.05, 0.1) is 17.9 Å². The highest BCUT2D eigenvalue weighted by Crippen LogP contribution is 2.39. The average Bonchev–Trinajstić information content (AvgIpc) is 2.70. The first-order chi connectivity index (χ1) is 12.8. The smallest absolute Gasteiger partial charge is 0.411 e. The molecule has 0 unspecified atom stereocenters. The zero-order valence-corrected chi connectivity index (χ0v) is 13.0. The van der Waals surface area contributed by atoms with Crippen molar-refractivity contribution >= 4 is 23.4 Å². The molecule has 1 heterocycles. The van der Waals surface area contributed by atoms with Gasteiger partial charge < -0.3 is 14.4 Å². The number of hydrogen-bond donors (Lipinski definition) is 1. The molecule has 0 aromatic heterocycles. The number of para-hydroxylation sites is 2. The second-order valence-electron chi connectivity index (χ2n) is 5.02. The minimum Gasteiger partial charge on any atom is -0.454 e. The van der Waals surface area contributed by atoms with Crippen LogP contribution in [0.15, 0.2) is 42.5 Å². The minimum atomic E-state index is -2.35. The predicted molar refractivity (Wildman–Crippen MR) is 91.0 cm³/mol. The SMILES string of the molecule is [2H]C([2H])([2H])CN1C(=O)c2cc(NC(=O)OCC)ccc2Oc2ccccc21. The Morgan fingerprint density at radius 3 is 2.92 bits per heavy atom. The summed E-state index contributed by atoms with van der Waals surface area (Å²) in [7, 11) is 0. The van der Waals surface area contributed by atoms with Crippen molar-refractivity contribution in [2.75, 3.05) is 23.4 Å². The Morgan fingerprint density at radius 2 is 2.12 bits per heavy atom. The molecule has 0 spiro atoms. The van der Waals surface area contributed by atoms with Crippen molar-refractivity contribution in [2.24, 2.45) is 0 Å². The van der Waals surface area contributed by atoms with E-state index < -0.39 is 25.4 Å². The molecule has 0 bridgehead atoms. The van der Waals surface area contributed by atoms with Crippen molar-refractivity contribution in [1.29, 1.82) is 0 Å². The van der Waals surface area contributed by atoms with Gasteiger partial charge in [0.1, 0.15) is 5.75 Å². The van der Waals surface area contributed by atoms with Crippen LogP contribution in [0, 0.1) is 0 Å². The third-order valence-electron chi connectivity index (χ3n) is 3.51. The van der Waals surface area contributed by atoms with Gasteiger partial charge in [0.2, 0.25) is 0 Å². The van der Waals surface area contributed by atoms with E-state index in [0.29, 0.717) is 17.1 Å². The molecule has 1 N–H and O–H groups in total. The van der Waals surface area contributed by atoms with E-state index in [2.05, 4.69) is 5.32 Å². The van der Waals surface area contributed by atoms with Crippen molar-refractivity contribution in [2.45, 2.75) is 13.8 Å². The van der Waals surface area contributed by atoms with Crippen LogP contribution in [0.2, 0.25) is 0 Å². The quantitative estimate of drug-likeness (QED) is 0.923. The zero-order chi connectivity index (χ0) is 19.6. The van der Waals surface area contributed by atoms with E-state index in [4.69, 9.17) is 13.6 Å². The fourth-order valence-electron chi connectivity index (χ4n) is 2.45. The van der Waals surface area contributed by atoms with Crippen LogP contribution in [-0.4, -0.2) is 25.2 Å². The first-order valence-electron chi connectivity index (χ1n) is 8.95. The van der Waals surface area contributed by atoms with Crippen molar-refractivity contribution < 1.29 is 23.2 Å². The monoisotopic (exact) mass is 329 g/mol. The first-order valence-corrected chi connectivity index (χ1v) is 7.45. The van der Waals surface area contributed by atoms with Gasteiger partial charge >= 0.3 is 6.09 Å². The molecule has 0 saturated carbocycles. The molecule has 2 aromatic rings. The molecule has 1 aliphatic rings. The number of hydrogen-bond acceptors (Lipinski definition) is 4. The predicted octanol–water partition coefficient (Wildman–Crippen LogP) is 4.03. The highest BCUT2D eigenvalue weighted by molar-refractivity contribution is 6.10. The molecular formula is C18H18N2O4. The minimum absolute atomic E-state index is 0.143. The topological polar surface area (TPSA) is 67.9 Å². The molecule has 0 aliphatic carbocycles. The molecule has 1 aliphatic heterocycles. The average molecular weight is 329 g/mol. The van der Waals surface area contributed by atoms with Crippen molar-refractivity contribution in [3.05, 3.63) is 48.0 Å². The summed E-state index contributed by atoms with van der Waals surface area (Å²) in [5.41, 5.74) is 0.850. The van der Waals surface area contributed by atoms with E-state index in [9.17, 15) is 9.59 Å². The summed E-state index contributed by atoms with van der Waals surface area (Å²) in [6.07, 6.45) is -0.651. The molecular weight excluding hydrogens is 308 g/mol. The van der Waals surface area contributed by atoms with Crippen LogP contribution >= 0.6 is 0 Å². The number of anilines is 2. The molecule has 0 saturated heterocycles. The van der Waals surface area contributed by atoms with Gasteiger partial charge in [-0.25, -0.2) is 4.79 Å². The second kappa shape index (κ2) is 6.62. The summed E-state index contributed by atoms with van der Waals surface area (Å²) < 4.78 is 33.3. The molecule has 2 amide bonds. The summed E-state index contributed by atoms with van der Waals surface area (Å²) in [4.78, 5) is 25.9. The molecule has 3 rings (SSSR count). The van der Waals surface area contributed by atoms with Crippen LogP contribution in [-0.2, 0) is 4.74 Å². The van der Waals surface area contributed by atoms with Gasteiger partial charge in [-0.05, 0) is 44.1 Å². The summed E-state index contributed by atoms with van der Waals surface area (Å²) >= 11 is 0. The number of fused-ring (bicyclic) bond motifs is 2. The van der Waals surface area contributed by atoms with Crippen LogP contribution in [0.1, 0.15) is 28.2 Å². The Hall–Kier alpha value is -3.02. The van der Waals surface area contributed by atoms with E-state index in [-0.39, 0.29) is 17.9 Å². The molecule has 124 valence electrons. The van der Waals surface area contributed by atoms with Crippen LogP contribution in [0.3, 0.4) is 0 Å². The van der Waals surface area contributed by atoms with E-state index in [1.807, 2.05) is 0 Å². The normalized spacial score (nSPS) is 15.0. The van der Waals surface area contributed by atoms with Gasteiger partial charge in [-0.15, -0.1) is 0 Å². The fraction of sp³-hybridized carbons (Fsp3) is 0.222. The van der Waals surface area contributed by atoms with Gasteiger partial charge in [-0.1, -0.05) is 12.1 Å². The van der Waals surface area contributed by atoms with Crippen LogP contribution in [0.25, 0.3) is 0 Å². The zero-order valence-electron chi connectivity index (χ0n) is 16.0. The number of rotatable bonds is 3. The number of nitrogens with one attached hydrogen (secondary N) is 1. The van der Waals surface area contributed by atoms with E-state index in [1.165, 1.54) is 11.0 Å². The summed E-state index contributed by atoms with van der Waals surface area (Å²) in [6.45, 7) is -0.937. The molecule has 0 atom stereocenters. The third-order valence-corrected chi connectivity index (χ3v) is 3.51. The highest BCUT2D eigenvalue weighted by Gasteiger charge is 2.27. The number of nitrogens with zero attached hydrogens (tertiary/aromatic N) is 1.